The maximum Gasteiger partial charge on any atom is 0.320 e. The second-order valence-corrected chi connectivity index (χ2v) is 15.3. The van der Waals surface area contributed by atoms with Crippen molar-refractivity contribution >= 4 is 29.9 Å². The smallest absolute Gasteiger partial charge is 0.320 e. The van der Waals surface area contributed by atoms with Crippen LogP contribution in [0.1, 0.15) is 88.8 Å². The van der Waals surface area contributed by atoms with Gasteiger partial charge in [0, 0.05) is 36.7 Å². The first kappa shape index (κ1) is 39.0. The first-order valence-electron chi connectivity index (χ1n) is 18.8. The minimum absolute atomic E-state index is 0.169. The molecule has 5 aromatic rings. The lowest BCUT2D eigenvalue weighted by molar-refractivity contribution is -0.122. The number of aromatic nitrogens is 6. The van der Waals surface area contributed by atoms with Crippen LogP contribution in [-0.2, 0) is 10.2 Å². The highest BCUT2D eigenvalue weighted by Crippen LogP contribution is 2.39. The molecule has 1 aromatic carbocycles. The van der Waals surface area contributed by atoms with Crippen LogP contribution in [0, 0.1) is 0 Å². The lowest BCUT2D eigenvalue weighted by Crippen LogP contribution is -2.38. The molecule has 2 amide bonds. The van der Waals surface area contributed by atoms with E-state index in [4.69, 9.17) is 29.5 Å². The van der Waals surface area contributed by atoms with Gasteiger partial charge in [-0.05, 0) is 82.4 Å². The van der Waals surface area contributed by atoms with Crippen molar-refractivity contribution in [1.82, 2.24) is 39.6 Å². The zero-order valence-corrected chi connectivity index (χ0v) is 32.5. The van der Waals surface area contributed by atoms with Crippen LogP contribution in [0.25, 0.3) is 11.5 Å². The third-order valence-corrected chi connectivity index (χ3v) is 9.87. The number of urea groups is 1. The summed E-state index contributed by atoms with van der Waals surface area (Å²) in [6.45, 7) is 10.5. The summed E-state index contributed by atoms with van der Waals surface area (Å²) >= 11 is 0. The monoisotopic (exact) mass is 752 g/mol. The number of nitrogens with one attached hydrogen (secondary N) is 2. The summed E-state index contributed by atoms with van der Waals surface area (Å²) in [5.74, 6) is 3.19. The van der Waals surface area contributed by atoms with Gasteiger partial charge in [-0.2, -0.15) is 14.8 Å². The summed E-state index contributed by atoms with van der Waals surface area (Å²) in [6, 6.07) is 19.5. The number of hydrogen-bond acceptors (Lipinski definition) is 10. The molecule has 5 heterocycles. The largest absolute Gasteiger partial charge is 0.484 e. The molecule has 3 atom stereocenters. The van der Waals surface area contributed by atoms with Gasteiger partial charge in [-0.25, -0.2) is 4.79 Å². The van der Waals surface area contributed by atoms with E-state index in [1.807, 2.05) is 73.2 Å². The van der Waals surface area contributed by atoms with Crippen molar-refractivity contribution in [2.75, 3.05) is 44.0 Å². The average Bonchev–Trinajstić information content (AvgIpc) is 3.78. The number of rotatable bonds is 10. The van der Waals surface area contributed by atoms with E-state index in [2.05, 4.69) is 70.5 Å². The Hall–Kier alpha value is -5.70. The third kappa shape index (κ3) is 9.34. The number of carbonyl (C=O) groups excluding carboxylic acids is 1. The normalized spacial score (nSPS) is 18.2. The molecule has 4 aromatic heterocycles. The van der Waals surface area contributed by atoms with Crippen LogP contribution in [0.2, 0.25) is 0 Å². The lowest BCUT2D eigenvalue weighted by atomic mass is 9.85. The molecule has 0 saturated carbocycles. The minimum atomic E-state index is -0.323. The van der Waals surface area contributed by atoms with Crippen molar-refractivity contribution in [3.05, 3.63) is 83.7 Å². The standard InChI is InChI=1S/C39H50N10O3.CH2O2/c1-26-12-9-10-21-47(26)38-44-43-34-20-17-27(25-48(34)38)52-31-19-18-30(28-13-7-8-14-29(28)31)40-37(50)42-35-24-32(39(2,3)4)45-49(35)33-15-11-16-36(41-33)51-23-22-46(5)6;2-1-3/h7-8,11,13-17,20,24-26,30-31H,9-10,12,18-19,21-23H2,1-6H3,(H2,40,42,50);1H,(H,2,3)/t26?,30-,31+;/m0./s1. The summed E-state index contributed by atoms with van der Waals surface area (Å²) in [7, 11) is 4.00. The van der Waals surface area contributed by atoms with Crippen molar-refractivity contribution < 1.29 is 24.2 Å². The van der Waals surface area contributed by atoms with Gasteiger partial charge in [-0.3, -0.25) is 14.5 Å². The summed E-state index contributed by atoms with van der Waals surface area (Å²) in [5, 5.41) is 27.0. The van der Waals surface area contributed by atoms with E-state index in [0.29, 0.717) is 36.6 Å². The number of nitrogens with zero attached hydrogens (tertiary/aromatic N) is 8. The van der Waals surface area contributed by atoms with Gasteiger partial charge in [0.05, 0.1) is 17.9 Å². The van der Waals surface area contributed by atoms with Gasteiger partial charge in [0.2, 0.25) is 11.8 Å². The summed E-state index contributed by atoms with van der Waals surface area (Å²) in [5.41, 5.74) is 3.47. The first-order chi connectivity index (χ1) is 26.4. The molecule has 1 fully saturated rings. The van der Waals surface area contributed by atoms with E-state index in [0.717, 1.165) is 66.5 Å². The minimum Gasteiger partial charge on any atom is -0.484 e. The molecule has 1 saturated heterocycles. The lowest BCUT2D eigenvalue weighted by Gasteiger charge is -2.33. The van der Waals surface area contributed by atoms with Crippen molar-refractivity contribution in [2.45, 2.75) is 83.4 Å². The van der Waals surface area contributed by atoms with Crippen molar-refractivity contribution in [3.8, 4) is 17.4 Å². The molecule has 1 unspecified atom stereocenters. The Balaban J connectivity index is 0.00000166. The number of fused-ring (bicyclic) bond motifs is 2. The SMILES string of the molecule is CC1CCCCN1c1nnc2ccc(O[C@@H]3CC[C@H](NC(=O)Nc4cc(C(C)(C)C)nn4-c4cccc(OCCN(C)C)n4)c4ccccc43)cn12.O=CO. The second-order valence-electron chi connectivity index (χ2n) is 15.3. The molecule has 3 N–H and O–H groups in total. The van der Waals surface area contributed by atoms with Gasteiger partial charge in [-0.1, -0.05) is 51.1 Å². The Kier molecular flexibility index (Phi) is 12.2. The Morgan fingerprint density at radius 1 is 1.02 bits per heavy atom. The highest BCUT2D eigenvalue weighted by Gasteiger charge is 2.31. The Morgan fingerprint density at radius 2 is 1.80 bits per heavy atom. The highest BCUT2D eigenvalue weighted by molar-refractivity contribution is 5.89. The summed E-state index contributed by atoms with van der Waals surface area (Å²) < 4.78 is 16.3. The van der Waals surface area contributed by atoms with Gasteiger partial charge in [0.25, 0.3) is 6.47 Å². The van der Waals surface area contributed by atoms with E-state index in [-0.39, 0.29) is 30.1 Å². The number of hydrogen-bond donors (Lipinski definition) is 3. The fraction of sp³-hybridized carbons (Fsp3) is 0.450. The molecule has 15 heteroatoms. The number of benzene rings is 1. The van der Waals surface area contributed by atoms with Gasteiger partial charge < -0.3 is 29.7 Å². The summed E-state index contributed by atoms with van der Waals surface area (Å²) in [6.07, 6.45) is 6.82. The average molecular weight is 753 g/mol. The van der Waals surface area contributed by atoms with E-state index < -0.39 is 0 Å². The van der Waals surface area contributed by atoms with Crippen LogP contribution >= 0.6 is 0 Å². The molecular formula is C40H52N10O5. The number of ether oxygens (including phenoxy) is 2. The molecule has 1 aliphatic carbocycles. The van der Waals surface area contributed by atoms with Gasteiger partial charge in [0.1, 0.15) is 24.3 Å². The number of likely N-dealkylation sites (N-methyl/N-ethyl adjacent to an activating group) is 1. The Morgan fingerprint density at radius 3 is 2.55 bits per heavy atom. The van der Waals surface area contributed by atoms with Crippen LogP contribution in [0.3, 0.4) is 0 Å². The fourth-order valence-corrected chi connectivity index (χ4v) is 6.96. The zero-order chi connectivity index (χ0) is 39.1. The van der Waals surface area contributed by atoms with Crippen molar-refractivity contribution in [2.24, 2.45) is 0 Å². The number of carbonyl (C=O) groups is 2. The van der Waals surface area contributed by atoms with Gasteiger partial charge >= 0.3 is 6.03 Å². The molecule has 0 bridgehead atoms. The van der Waals surface area contributed by atoms with Gasteiger partial charge in [0.15, 0.2) is 11.5 Å². The molecular weight excluding hydrogens is 701 g/mol. The molecule has 292 valence electrons. The number of carboxylic acid groups (broad SMARTS) is 1. The number of amides is 2. The molecule has 55 heavy (non-hydrogen) atoms. The highest BCUT2D eigenvalue weighted by atomic mass is 16.5. The van der Waals surface area contributed by atoms with Crippen LogP contribution < -0.4 is 25.0 Å². The maximum absolute atomic E-state index is 13.7. The summed E-state index contributed by atoms with van der Waals surface area (Å²) in [4.78, 5) is 31.2. The van der Waals surface area contributed by atoms with Crippen LogP contribution in [0.15, 0.2) is 66.9 Å². The zero-order valence-electron chi connectivity index (χ0n) is 32.5. The molecule has 15 nitrogen and oxygen atoms in total. The van der Waals surface area contributed by atoms with Gasteiger partial charge in [-0.15, -0.1) is 10.2 Å². The Labute approximate surface area is 321 Å². The molecule has 0 radical (unpaired) electrons. The van der Waals surface area contributed by atoms with Crippen molar-refractivity contribution in [3.63, 3.8) is 0 Å². The number of anilines is 2. The second kappa shape index (κ2) is 17.2. The molecule has 7 rings (SSSR count). The first-order valence-corrected chi connectivity index (χ1v) is 18.8. The van der Waals surface area contributed by atoms with E-state index in [1.54, 1.807) is 4.68 Å². The van der Waals surface area contributed by atoms with Crippen LogP contribution in [0.4, 0.5) is 16.6 Å². The van der Waals surface area contributed by atoms with E-state index in [1.165, 1.54) is 6.42 Å². The quantitative estimate of drug-likeness (QED) is 0.135. The van der Waals surface area contributed by atoms with Crippen molar-refractivity contribution in [1.29, 1.82) is 0 Å². The molecule has 1 aliphatic heterocycles. The predicted octanol–water partition coefficient (Wildman–Crippen LogP) is 6.40. The third-order valence-electron chi connectivity index (χ3n) is 9.87. The van der Waals surface area contributed by atoms with Crippen LogP contribution in [-0.4, -0.2) is 91.7 Å². The molecule has 2 aliphatic rings. The van der Waals surface area contributed by atoms with E-state index >= 15 is 0 Å². The van der Waals surface area contributed by atoms with E-state index in [9.17, 15) is 4.79 Å². The molecule has 0 spiro atoms. The topological polar surface area (TPSA) is 164 Å². The number of piperidine rings is 1. The van der Waals surface area contributed by atoms with Crippen LogP contribution in [0.5, 0.6) is 11.6 Å². The maximum atomic E-state index is 13.7. The fourth-order valence-electron chi connectivity index (χ4n) is 6.96. The number of pyridine rings is 2. The Bertz CT molecular complexity index is 2070. The predicted molar refractivity (Wildman–Crippen MR) is 210 cm³/mol.